The van der Waals surface area contributed by atoms with Gasteiger partial charge in [-0.1, -0.05) is 24.3 Å². The summed E-state index contributed by atoms with van der Waals surface area (Å²) >= 11 is 0. The molecular formula is C13H14N2O7S2. The molecule has 0 atom stereocenters. The maximum atomic E-state index is 10.8. The third-order valence-electron chi connectivity index (χ3n) is 2.82. The SMILES string of the molecule is NS(=O)(=O)Oc1ccc(C(O)c2ccc(OS(N)(=O)=O)cc2)cc1. The van der Waals surface area contributed by atoms with Crippen LogP contribution < -0.4 is 18.6 Å². The molecular weight excluding hydrogens is 360 g/mol. The minimum absolute atomic E-state index is 0.00495. The van der Waals surface area contributed by atoms with E-state index >= 15 is 0 Å². The second-order valence-electron chi connectivity index (χ2n) is 4.69. The van der Waals surface area contributed by atoms with Crippen LogP contribution in [-0.4, -0.2) is 21.9 Å². The Hall–Kier alpha value is -2.18. The van der Waals surface area contributed by atoms with Gasteiger partial charge < -0.3 is 13.5 Å². The molecule has 2 aromatic rings. The zero-order chi connectivity index (χ0) is 18.0. The van der Waals surface area contributed by atoms with E-state index in [4.69, 9.17) is 10.3 Å². The van der Waals surface area contributed by atoms with E-state index in [1.165, 1.54) is 48.5 Å². The zero-order valence-electron chi connectivity index (χ0n) is 12.1. The fraction of sp³-hybridized carbons (Fsp3) is 0.0769. The fourth-order valence-electron chi connectivity index (χ4n) is 1.87. The highest BCUT2D eigenvalue weighted by Gasteiger charge is 2.13. The standard InChI is InChI=1S/C13H14N2O7S2/c14-23(17,18)21-11-5-1-9(2-6-11)13(16)10-3-7-12(8-4-10)22-24(15,19)20/h1-8,13,16H,(H2,14,17,18)(H2,15,19,20). The summed E-state index contributed by atoms with van der Waals surface area (Å²) in [6.07, 6.45) is -1.03. The van der Waals surface area contributed by atoms with Crippen LogP contribution >= 0.6 is 0 Å². The van der Waals surface area contributed by atoms with Crippen molar-refractivity contribution in [3.05, 3.63) is 59.7 Å². The molecule has 0 heterocycles. The highest BCUT2D eigenvalue weighted by atomic mass is 32.2. The molecule has 0 spiro atoms. The molecule has 0 amide bonds. The number of hydrogen-bond acceptors (Lipinski definition) is 7. The van der Waals surface area contributed by atoms with Crippen molar-refractivity contribution in [1.82, 2.24) is 0 Å². The molecule has 2 rings (SSSR count). The van der Waals surface area contributed by atoms with Crippen molar-refractivity contribution in [3.8, 4) is 11.5 Å². The van der Waals surface area contributed by atoms with Gasteiger partial charge in [0, 0.05) is 0 Å². The first-order valence-corrected chi connectivity index (χ1v) is 9.30. The Labute approximate surface area is 138 Å². The van der Waals surface area contributed by atoms with E-state index in [1.807, 2.05) is 0 Å². The minimum atomic E-state index is -4.12. The third-order valence-corrected chi connectivity index (χ3v) is 3.67. The molecule has 0 radical (unpaired) electrons. The topological polar surface area (TPSA) is 159 Å². The summed E-state index contributed by atoms with van der Waals surface area (Å²) in [6, 6.07) is 11.2. The number of rotatable bonds is 6. The van der Waals surface area contributed by atoms with Gasteiger partial charge in [-0.2, -0.15) is 27.1 Å². The summed E-state index contributed by atoms with van der Waals surface area (Å²) in [5.41, 5.74) is 0.911. The van der Waals surface area contributed by atoms with Crippen molar-refractivity contribution in [2.45, 2.75) is 6.10 Å². The fourth-order valence-corrected chi connectivity index (χ4v) is 2.63. The van der Waals surface area contributed by atoms with Crippen molar-refractivity contribution < 1.29 is 30.3 Å². The van der Waals surface area contributed by atoms with E-state index in [0.717, 1.165) is 0 Å². The molecule has 0 saturated carbocycles. The molecule has 2 aromatic carbocycles. The average Bonchev–Trinajstić information content (AvgIpc) is 2.45. The summed E-state index contributed by atoms with van der Waals surface area (Å²) in [6.45, 7) is 0. The summed E-state index contributed by atoms with van der Waals surface area (Å²) in [4.78, 5) is 0. The highest BCUT2D eigenvalue weighted by molar-refractivity contribution is 7.85. The second kappa shape index (κ2) is 6.75. The van der Waals surface area contributed by atoms with Gasteiger partial charge in [0.2, 0.25) is 0 Å². The second-order valence-corrected chi connectivity index (χ2v) is 7.00. The predicted octanol–water partition coefficient (Wildman–Crippen LogP) is -0.0671. The van der Waals surface area contributed by atoms with Crippen LogP contribution in [0.2, 0.25) is 0 Å². The van der Waals surface area contributed by atoms with Gasteiger partial charge in [0.25, 0.3) is 0 Å². The van der Waals surface area contributed by atoms with Gasteiger partial charge in [-0.25, -0.2) is 0 Å². The van der Waals surface area contributed by atoms with E-state index in [-0.39, 0.29) is 11.5 Å². The van der Waals surface area contributed by atoms with Crippen molar-refractivity contribution in [1.29, 1.82) is 0 Å². The van der Waals surface area contributed by atoms with E-state index in [9.17, 15) is 21.9 Å². The molecule has 5 N–H and O–H groups in total. The molecule has 11 heteroatoms. The lowest BCUT2D eigenvalue weighted by Crippen LogP contribution is -2.19. The van der Waals surface area contributed by atoms with Crippen LogP contribution in [0.15, 0.2) is 48.5 Å². The van der Waals surface area contributed by atoms with Gasteiger partial charge in [-0.3, -0.25) is 0 Å². The molecule has 130 valence electrons. The molecule has 0 aliphatic rings. The van der Waals surface area contributed by atoms with Crippen molar-refractivity contribution in [3.63, 3.8) is 0 Å². The summed E-state index contributed by atoms with van der Waals surface area (Å²) < 4.78 is 52.2. The van der Waals surface area contributed by atoms with Crippen molar-refractivity contribution >= 4 is 20.6 Å². The summed E-state index contributed by atoms with van der Waals surface area (Å²) in [5.74, 6) is 0.00991. The number of nitrogens with two attached hydrogens (primary N) is 2. The van der Waals surface area contributed by atoms with Gasteiger partial charge >= 0.3 is 20.6 Å². The monoisotopic (exact) mass is 374 g/mol. The minimum Gasteiger partial charge on any atom is -0.384 e. The van der Waals surface area contributed by atoms with Gasteiger partial charge in [0.15, 0.2) is 0 Å². The first-order chi connectivity index (χ1) is 11.0. The molecule has 0 saturated heterocycles. The van der Waals surface area contributed by atoms with Crippen molar-refractivity contribution in [2.24, 2.45) is 10.3 Å². The van der Waals surface area contributed by atoms with Gasteiger partial charge in [-0.15, -0.1) is 0 Å². The summed E-state index contributed by atoms with van der Waals surface area (Å²) in [5, 5.41) is 19.8. The lowest BCUT2D eigenvalue weighted by molar-refractivity contribution is 0.220. The number of aliphatic hydroxyl groups excluding tert-OH is 1. The maximum Gasteiger partial charge on any atom is 0.380 e. The molecule has 0 aliphatic carbocycles. The van der Waals surface area contributed by atoms with Crippen LogP contribution in [0.25, 0.3) is 0 Å². The Morgan fingerprint density at radius 3 is 1.25 bits per heavy atom. The van der Waals surface area contributed by atoms with Crippen LogP contribution in [0.1, 0.15) is 17.2 Å². The Morgan fingerprint density at radius 2 is 1.00 bits per heavy atom. The molecule has 9 nitrogen and oxygen atoms in total. The smallest absolute Gasteiger partial charge is 0.380 e. The van der Waals surface area contributed by atoms with E-state index < -0.39 is 26.7 Å². The Morgan fingerprint density at radius 1 is 0.708 bits per heavy atom. The van der Waals surface area contributed by atoms with E-state index in [0.29, 0.717) is 11.1 Å². The van der Waals surface area contributed by atoms with Crippen LogP contribution in [0.5, 0.6) is 11.5 Å². The van der Waals surface area contributed by atoms with Crippen LogP contribution in [-0.2, 0) is 20.6 Å². The largest absolute Gasteiger partial charge is 0.384 e. The first-order valence-electron chi connectivity index (χ1n) is 6.36. The van der Waals surface area contributed by atoms with Crippen molar-refractivity contribution in [2.75, 3.05) is 0 Å². The normalized spacial score (nSPS) is 12.2. The zero-order valence-corrected chi connectivity index (χ0v) is 13.7. The van der Waals surface area contributed by atoms with Gasteiger partial charge in [0.1, 0.15) is 17.6 Å². The average molecular weight is 374 g/mol. The van der Waals surface area contributed by atoms with Gasteiger partial charge in [-0.05, 0) is 35.4 Å². The van der Waals surface area contributed by atoms with Crippen LogP contribution in [0.3, 0.4) is 0 Å². The van der Waals surface area contributed by atoms with Gasteiger partial charge in [0.05, 0.1) is 0 Å². The number of aliphatic hydroxyl groups is 1. The lowest BCUT2D eigenvalue weighted by Gasteiger charge is -2.12. The number of hydrogen-bond donors (Lipinski definition) is 3. The van der Waals surface area contributed by atoms with Crippen LogP contribution in [0.4, 0.5) is 0 Å². The molecule has 0 unspecified atom stereocenters. The van der Waals surface area contributed by atoms with E-state index in [2.05, 4.69) is 8.37 Å². The molecule has 0 bridgehead atoms. The highest BCUT2D eigenvalue weighted by Crippen LogP contribution is 2.26. The maximum absolute atomic E-state index is 10.8. The quantitative estimate of drug-likeness (QED) is 0.638. The molecule has 24 heavy (non-hydrogen) atoms. The Balaban J connectivity index is 2.15. The third kappa shape index (κ3) is 5.47. The molecule has 0 aliphatic heterocycles. The lowest BCUT2D eigenvalue weighted by atomic mass is 10.0. The molecule has 0 aromatic heterocycles. The van der Waals surface area contributed by atoms with E-state index in [1.54, 1.807) is 0 Å². The molecule has 0 fully saturated rings. The Kier molecular flexibility index (Phi) is 5.11. The summed E-state index contributed by atoms with van der Waals surface area (Å²) in [7, 11) is -8.24. The number of benzene rings is 2. The first kappa shape index (κ1) is 18.2. The van der Waals surface area contributed by atoms with Crippen LogP contribution in [0, 0.1) is 0 Å². The Bertz CT molecular complexity index is 830. The predicted molar refractivity (Wildman–Crippen MR) is 84.4 cm³/mol.